The highest BCUT2D eigenvalue weighted by Gasteiger charge is 1.99. The van der Waals surface area contributed by atoms with Gasteiger partial charge in [-0.1, -0.05) is 30.3 Å². The van der Waals surface area contributed by atoms with E-state index in [2.05, 4.69) is 4.85 Å². The molecule has 0 aliphatic carbocycles. The number of nitrogens with two attached hydrogens (primary N) is 1. The average molecular weight is 236 g/mol. The van der Waals surface area contributed by atoms with E-state index in [0.29, 0.717) is 5.70 Å². The van der Waals surface area contributed by atoms with Gasteiger partial charge in [0.1, 0.15) is 11.5 Å². The maximum Gasteiger partial charge on any atom is 0.176 e. The van der Waals surface area contributed by atoms with Crippen LogP contribution in [0.15, 0.2) is 60.8 Å². The third-order valence-corrected chi connectivity index (χ3v) is 2.37. The Morgan fingerprint density at radius 2 is 1.61 bits per heavy atom. The standard InChI is InChI=1S/C15H12N2O/c1-17-11-15(16)12-7-9-14(10-8-12)18-13-5-3-2-4-6-13/h2-11H,16H2/b15-11-. The molecule has 3 heteroatoms. The molecule has 0 saturated heterocycles. The van der Waals surface area contributed by atoms with Crippen LogP contribution in [0.25, 0.3) is 10.5 Å². The van der Waals surface area contributed by atoms with Gasteiger partial charge in [0.25, 0.3) is 0 Å². The molecule has 0 aliphatic heterocycles. The number of ether oxygens (including phenoxy) is 1. The smallest absolute Gasteiger partial charge is 0.176 e. The van der Waals surface area contributed by atoms with Crippen molar-refractivity contribution in [1.82, 2.24) is 0 Å². The summed E-state index contributed by atoms with van der Waals surface area (Å²) in [7, 11) is 0. The monoisotopic (exact) mass is 236 g/mol. The second kappa shape index (κ2) is 5.55. The quantitative estimate of drug-likeness (QED) is 0.826. The number of para-hydroxylation sites is 1. The van der Waals surface area contributed by atoms with Crippen molar-refractivity contribution in [1.29, 1.82) is 0 Å². The molecule has 0 radical (unpaired) electrons. The van der Waals surface area contributed by atoms with Crippen LogP contribution in [0.4, 0.5) is 0 Å². The Bertz CT molecular complexity index is 580. The Kier molecular flexibility index (Phi) is 3.62. The third kappa shape index (κ3) is 2.89. The van der Waals surface area contributed by atoms with E-state index in [0.717, 1.165) is 17.1 Å². The topological polar surface area (TPSA) is 39.6 Å². The third-order valence-electron chi connectivity index (χ3n) is 2.37. The Morgan fingerprint density at radius 1 is 1.00 bits per heavy atom. The molecule has 0 aliphatic rings. The van der Waals surface area contributed by atoms with Gasteiger partial charge in [0, 0.05) is 5.70 Å². The molecule has 88 valence electrons. The molecule has 2 N–H and O–H groups in total. The van der Waals surface area contributed by atoms with Gasteiger partial charge in [-0.25, -0.2) is 4.85 Å². The van der Waals surface area contributed by atoms with E-state index >= 15 is 0 Å². The summed E-state index contributed by atoms with van der Waals surface area (Å²) in [6.07, 6.45) is 1.30. The molecule has 0 aromatic heterocycles. The number of nitrogens with zero attached hydrogens (tertiary/aromatic N) is 1. The minimum atomic E-state index is 0.455. The Morgan fingerprint density at radius 3 is 2.22 bits per heavy atom. The van der Waals surface area contributed by atoms with E-state index in [-0.39, 0.29) is 0 Å². The summed E-state index contributed by atoms with van der Waals surface area (Å²) in [5.74, 6) is 1.52. The highest BCUT2D eigenvalue weighted by atomic mass is 16.5. The lowest BCUT2D eigenvalue weighted by molar-refractivity contribution is 0.482. The SMILES string of the molecule is [C-]#[N+]/C=C(\N)c1ccc(Oc2ccccc2)cc1. The van der Waals surface area contributed by atoms with Crippen LogP contribution in [0.2, 0.25) is 0 Å². The van der Waals surface area contributed by atoms with Gasteiger partial charge in [0.15, 0.2) is 6.20 Å². The number of hydrogen-bond acceptors (Lipinski definition) is 2. The minimum absolute atomic E-state index is 0.455. The molecule has 0 heterocycles. The maximum absolute atomic E-state index is 6.72. The average Bonchev–Trinajstić information content (AvgIpc) is 2.41. The first-order chi connectivity index (χ1) is 8.79. The second-order valence-electron chi connectivity index (χ2n) is 3.65. The molecule has 18 heavy (non-hydrogen) atoms. The van der Waals surface area contributed by atoms with Crippen molar-refractivity contribution in [3.63, 3.8) is 0 Å². The van der Waals surface area contributed by atoms with Crippen LogP contribution in [-0.4, -0.2) is 0 Å². The normalized spacial score (nSPS) is 10.7. The molecule has 0 unspecified atom stereocenters. The van der Waals surface area contributed by atoms with Gasteiger partial charge in [0.05, 0.1) is 6.57 Å². The predicted molar refractivity (Wildman–Crippen MR) is 71.7 cm³/mol. The summed E-state index contributed by atoms with van der Waals surface area (Å²) in [5, 5.41) is 0. The van der Waals surface area contributed by atoms with Crippen molar-refractivity contribution in [3.05, 3.63) is 77.8 Å². The first-order valence-corrected chi connectivity index (χ1v) is 5.45. The summed E-state index contributed by atoms with van der Waals surface area (Å²) in [4.78, 5) is 3.13. The lowest BCUT2D eigenvalue weighted by Gasteiger charge is -2.06. The van der Waals surface area contributed by atoms with Gasteiger partial charge >= 0.3 is 0 Å². The predicted octanol–water partition coefficient (Wildman–Crippen LogP) is 3.66. The molecule has 0 fully saturated rings. The van der Waals surface area contributed by atoms with Gasteiger partial charge in [0.2, 0.25) is 0 Å². The fourth-order valence-corrected chi connectivity index (χ4v) is 1.48. The number of hydrogen-bond donors (Lipinski definition) is 1. The maximum atomic E-state index is 6.72. The van der Waals surface area contributed by atoms with E-state index in [4.69, 9.17) is 17.0 Å². The van der Waals surface area contributed by atoms with Gasteiger partial charge in [-0.2, -0.15) is 0 Å². The van der Waals surface area contributed by atoms with Crippen molar-refractivity contribution >= 4 is 5.70 Å². The minimum Gasteiger partial charge on any atom is -0.457 e. The summed E-state index contributed by atoms with van der Waals surface area (Å²) in [5.41, 5.74) is 6.98. The molecule has 0 bridgehead atoms. The zero-order valence-corrected chi connectivity index (χ0v) is 9.71. The first-order valence-electron chi connectivity index (χ1n) is 5.45. The van der Waals surface area contributed by atoms with Crippen LogP contribution in [0.5, 0.6) is 11.5 Å². The highest BCUT2D eigenvalue weighted by Crippen LogP contribution is 2.22. The summed E-state index contributed by atoms with van der Waals surface area (Å²) < 4.78 is 5.65. The van der Waals surface area contributed by atoms with Crippen LogP contribution in [0.1, 0.15) is 5.56 Å². The number of rotatable bonds is 3. The summed E-state index contributed by atoms with van der Waals surface area (Å²) in [6, 6.07) is 16.9. The molecule has 0 amide bonds. The zero-order chi connectivity index (χ0) is 12.8. The van der Waals surface area contributed by atoms with Crippen LogP contribution in [0, 0.1) is 6.57 Å². The molecule has 0 saturated carbocycles. The summed E-state index contributed by atoms with van der Waals surface area (Å²) in [6.45, 7) is 6.72. The van der Waals surface area contributed by atoms with E-state index in [1.54, 1.807) is 0 Å². The van der Waals surface area contributed by atoms with Crippen molar-refractivity contribution in [2.45, 2.75) is 0 Å². The molecule has 0 atom stereocenters. The fraction of sp³-hybridized carbons (Fsp3) is 0. The fourth-order valence-electron chi connectivity index (χ4n) is 1.48. The molecule has 2 rings (SSSR count). The zero-order valence-electron chi connectivity index (χ0n) is 9.71. The molecule has 2 aromatic carbocycles. The van der Waals surface area contributed by atoms with Crippen LogP contribution in [0.3, 0.4) is 0 Å². The molecular weight excluding hydrogens is 224 g/mol. The van der Waals surface area contributed by atoms with E-state index < -0.39 is 0 Å². The van der Waals surface area contributed by atoms with Crippen LogP contribution >= 0.6 is 0 Å². The van der Waals surface area contributed by atoms with E-state index in [1.165, 1.54) is 6.20 Å². The van der Waals surface area contributed by atoms with Gasteiger partial charge in [-0.05, 0) is 29.8 Å². The van der Waals surface area contributed by atoms with Gasteiger partial charge in [-0.15, -0.1) is 0 Å². The number of benzene rings is 2. The van der Waals surface area contributed by atoms with Crippen molar-refractivity contribution in [3.8, 4) is 11.5 Å². The van der Waals surface area contributed by atoms with Crippen molar-refractivity contribution < 1.29 is 4.74 Å². The van der Waals surface area contributed by atoms with Gasteiger partial charge in [-0.3, -0.25) is 0 Å². The van der Waals surface area contributed by atoms with Crippen LogP contribution in [-0.2, 0) is 0 Å². The van der Waals surface area contributed by atoms with Crippen molar-refractivity contribution in [2.75, 3.05) is 0 Å². The first kappa shape index (κ1) is 11.7. The van der Waals surface area contributed by atoms with E-state index in [1.807, 2.05) is 54.6 Å². The summed E-state index contributed by atoms with van der Waals surface area (Å²) >= 11 is 0. The lowest BCUT2D eigenvalue weighted by Crippen LogP contribution is -1.95. The molecular formula is C15H12N2O. The Balaban J connectivity index is 2.14. The highest BCUT2D eigenvalue weighted by molar-refractivity contribution is 5.63. The van der Waals surface area contributed by atoms with Gasteiger partial charge < -0.3 is 10.5 Å². The molecule has 0 spiro atoms. The Labute approximate surface area is 106 Å². The molecule has 3 nitrogen and oxygen atoms in total. The largest absolute Gasteiger partial charge is 0.457 e. The van der Waals surface area contributed by atoms with Crippen LogP contribution < -0.4 is 10.5 Å². The molecule has 2 aromatic rings. The lowest BCUT2D eigenvalue weighted by atomic mass is 10.2. The second-order valence-corrected chi connectivity index (χ2v) is 3.65. The van der Waals surface area contributed by atoms with Crippen molar-refractivity contribution in [2.24, 2.45) is 5.73 Å². The Hall–Kier alpha value is -2.73. The van der Waals surface area contributed by atoms with E-state index in [9.17, 15) is 0 Å².